The van der Waals surface area contributed by atoms with Gasteiger partial charge in [0.15, 0.2) is 0 Å². The molecule has 20 heavy (non-hydrogen) atoms. The average Bonchev–Trinajstić information content (AvgIpc) is 2.46. The highest BCUT2D eigenvalue weighted by Crippen LogP contribution is 2.26. The molecule has 3 rings (SSSR count). The Morgan fingerprint density at radius 3 is 3.00 bits per heavy atom. The lowest BCUT2D eigenvalue weighted by molar-refractivity contribution is 0.281. The van der Waals surface area contributed by atoms with Crippen LogP contribution in [0.3, 0.4) is 0 Å². The van der Waals surface area contributed by atoms with E-state index in [1.165, 1.54) is 6.07 Å². The zero-order valence-corrected chi connectivity index (χ0v) is 11.4. The Morgan fingerprint density at radius 2 is 2.20 bits per heavy atom. The van der Waals surface area contributed by atoms with Crippen molar-refractivity contribution in [3.05, 3.63) is 58.5 Å². The second-order valence-electron chi connectivity index (χ2n) is 5.18. The Balaban J connectivity index is 1.94. The van der Waals surface area contributed by atoms with E-state index in [4.69, 9.17) is 0 Å². The Kier molecular flexibility index (Phi) is 3.40. The molecule has 0 unspecified atom stereocenters. The van der Waals surface area contributed by atoms with Gasteiger partial charge in [-0.05, 0) is 42.7 Å². The van der Waals surface area contributed by atoms with E-state index in [0.717, 1.165) is 41.2 Å². The molecule has 2 heterocycles. The maximum atomic E-state index is 13.9. The molecule has 0 saturated heterocycles. The number of nitrogens with zero attached hydrogens (tertiary/aromatic N) is 2. The number of aromatic nitrogens is 1. The van der Waals surface area contributed by atoms with Crippen molar-refractivity contribution in [3.8, 4) is 0 Å². The highest BCUT2D eigenvalue weighted by molar-refractivity contribution is 5.46. The fraction of sp³-hybridized carbons (Fsp3) is 0.312. The standard InChI is InChI=1S/C16H17FN2O/c1-11-7-12(10-20)8-16(18-11)19-6-5-13-3-2-4-15(17)14(13)9-19/h2-4,7-8,20H,5-6,9-10H2,1H3. The number of hydrogen-bond donors (Lipinski definition) is 1. The molecule has 1 aliphatic rings. The van der Waals surface area contributed by atoms with Crippen LogP contribution in [-0.2, 0) is 19.6 Å². The summed E-state index contributed by atoms with van der Waals surface area (Å²) in [5.74, 6) is 0.658. The predicted octanol–water partition coefficient (Wildman–Crippen LogP) is 2.58. The average molecular weight is 272 g/mol. The van der Waals surface area contributed by atoms with Gasteiger partial charge in [0, 0.05) is 24.3 Å². The van der Waals surface area contributed by atoms with Crippen LogP contribution in [0.2, 0.25) is 0 Å². The molecule has 104 valence electrons. The van der Waals surface area contributed by atoms with Crippen LogP contribution in [0.5, 0.6) is 0 Å². The van der Waals surface area contributed by atoms with E-state index in [1.54, 1.807) is 6.07 Å². The van der Waals surface area contributed by atoms with Gasteiger partial charge in [0.05, 0.1) is 6.61 Å². The molecule has 0 fully saturated rings. The second-order valence-corrected chi connectivity index (χ2v) is 5.18. The maximum absolute atomic E-state index is 13.9. The number of hydrogen-bond acceptors (Lipinski definition) is 3. The summed E-state index contributed by atoms with van der Waals surface area (Å²) in [6.07, 6.45) is 0.817. The van der Waals surface area contributed by atoms with Crippen LogP contribution in [0.4, 0.5) is 10.2 Å². The van der Waals surface area contributed by atoms with E-state index in [1.807, 2.05) is 25.1 Å². The fourth-order valence-corrected chi connectivity index (χ4v) is 2.71. The predicted molar refractivity (Wildman–Crippen MR) is 76.1 cm³/mol. The van der Waals surface area contributed by atoms with Gasteiger partial charge in [-0.15, -0.1) is 0 Å². The van der Waals surface area contributed by atoms with Crippen LogP contribution in [0.15, 0.2) is 30.3 Å². The summed E-state index contributed by atoms with van der Waals surface area (Å²) >= 11 is 0. The summed E-state index contributed by atoms with van der Waals surface area (Å²) in [6.45, 7) is 3.25. The number of halogens is 1. The molecule has 1 aromatic carbocycles. The molecule has 1 aliphatic heterocycles. The van der Waals surface area contributed by atoms with Crippen LogP contribution in [-0.4, -0.2) is 16.6 Å². The lowest BCUT2D eigenvalue weighted by atomic mass is 9.99. The molecule has 4 heteroatoms. The number of benzene rings is 1. The summed E-state index contributed by atoms with van der Waals surface area (Å²) in [4.78, 5) is 6.57. The maximum Gasteiger partial charge on any atom is 0.129 e. The van der Waals surface area contributed by atoms with Crippen molar-refractivity contribution >= 4 is 5.82 Å². The first-order chi connectivity index (χ1) is 9.67. The SMILES string of the molecule is Cc1cc(CO)cc(N2CCc3cccc(F)c3C2)n1. The van der Waals surface area contributed by atoms with Crippen LogP contribution in [0, 0.1) is 12.7 Å². The molecular formula is C16H17FN2O. The van der Waals surface area contributed by atoms with Crippen molar-refractivity contribution in [1.29, 1.82) is 0 Å². The number of pyridine rings is 1. The Bertz CT molecular complexity index is 642. The summed E-state index contributed by atoms with van der Waals surface area (Å²) < 4.78 is 13.9. The molecule has 1 N–H and O–H groups in total. The van der Waals surface area contributed by atoms with E-state index in [9.17, 15) is 9.50 Å². The van der Waals surface area contributed by atoms with E-state index in [2.05, 4.69) is 9.88 Å². The van der Waals surface area contributed by atoms with Crippen LogP contribution >= 0.6 is 0 Å². The lowest BCUT2D eigenvalue weighted by Gasteiger charge is -2.30. The van der Waals surface area contributed by atoms with Gasteiger partial charge >= 0.3 is 0 Å². The zero-order chi connectivity index (χ0) is 14.1. The quantitative estimate of drug-likeness (QED) is 0.913. The van der Waals surface area contributed by atoms with E-state index in [-0.39, 0.29) is 12.4 Å². The third kappa shape index (κ3) is 2.39. The second kappa shape index (κ2) is 5.21. The molecule has 0 radical (unpaired) electrons. The summed E-state index contributed by atoms with van der Waals surface area (Å²) in [5.41, 5.74) is 3.54. The minimum atomic E-state index is -0.151. The van der Waals surface area contributed by atoms with Crippen molar-refractivity contribution < 1.29 is 9.50 Å². The van der Waals surface area contributed by atoms with E-state index >= 15 is 0 Å². The van der Waals surface area contributed by atoms with Crippen LogP contribution in [0.25, 0.3) is 0 Å². The van der Waals surface area contributed by atoms with Crippen molar-refractivity contribution in [3.63, 3.8) is 0 Å². The Morgan fingerprint density at radius 1 is 1.35 bits per heavy atom. The third-order valence-corrected chi connectivity index (χ3v) is 3.72. The molecule has 0 amide bonds. The van der Waals surface area contributed by atoms with Gasteiger partial charge in [-0.3, -0.25) is 0 Å². The topological polar surface area (TPSA) is 36.4 Å². The molecule has 0 bridgehead atoms. The number of aryl methyl sites for hydroxylation is 1. The van der Waals surface area contributed by atoms with Crippen molar-refractivity contribution in [1.82, 2.24) is 4.98 Å². The molecule has 0 saturated carbocycles. The first kappa shape index (κ1) is 13.1. The minimum Gasteiger partial charge on any atom is -0.392 e. The summed E-state index contributed by atoms with van der Waals surface area (Å²) in [7, 11) is 0. The van der Waals surface area contributed by atoms with E-state index < -0.39 is 0 Å². The Labute approximate surface area is 117 Å². The first-order valence-corrected chi connectivity index (χ1v) is 6.77. The number of aliphatic hydroxyl groups is 1. The molecule has 1 aromatic heterocycles. The zero-order valence-electron chi connectivity index (χ0n) is 11.4. The fourth-order valence-electron chi connectivity index (χ4n) is 2.71. The normalized spacial score (nSPS) is 14.2. The number of fused-ring (bicyclic) bond motifs is 1. The number of rotatable bonds is 2. The molecule has 0 aliphatic carbocycles. The molecule has 2 aromatic rings. The van der Waals surface area contributed by atoms with Gasteiger partial charge in [-0.2, -0.15) is 0 Å². The molecule has 0 spiro atoms. The molecule has 0 atom stereocenters. The van der Waals surface area contributed by atoms with Gasteiger partial charge in [-0.25, -0.2) is 9.37 Å². The van der Waals surface area contributed by atoms with Gasteiger partial charge in [0.25, 0.3) is 0 Å². The molecule has 3 nitrogen and oxygen atoms in total. The lowest BCUT2D eigenvalue weighted by Crippen LogP contribution is -2.32. The van der Waals surface area contributed by atoms with Crippen LogP contribution < -0.4 is 4.90 Å². The largest absolute Gasteiger partial charge is 0.392 e. The third-order valence-electron chi connectivity index (χ3n) is 3.72. The monoisotopic (exact) mass is 272 g/mol. The van der Waals surface area contributed by atoms with E-state index in [0.29, 0.717) is 6.54 Å². The van der Waals surface area contributed by atoms with Gasteiger partial charge in [0.2, 0.25) is 0 Å². The van der Waals surface area contributed by atoms with Gasteiger partial charge < -0.3 is 10.0 Å². The van der Waals surface area contributed by atoms with Gasteiger partial charge in [0.1, 0.15) is 11.6 Å². The van der Waals surface area contributed by atoms with Crippen molar-refractivity contribution in [2.45, 2.75) is 26.5 Å². The Hall–Kier alpha value is -1.94. The first-order valence-electron chi connectivity index (χ1n) is 6.77. The number of aliphatic hydroxyl groups excluding tert-OH is 1. The summed E-state index contributed by atoms with van der Waals surface area (Å²) in [6, 6.07) is 8.99. The minimum absolute atomic E-state index is 0.00481. The van der Waals surface area contributed by atoms with Gasteiger partial charge in [-0.1, -0.05) is 12.1 Å². The summed E-state index contributed by atoms with van der Waals surface area (Å²) in [5, 5.41) is 9.28. The van der Waals surface area contributed by atoms with Crippen molar-refractivity contribution in [2.75, 3.05) is 11.4 Å². The van der Waals surface area contributed by atoms with Crippen molar-refractivity contribution in [2.24, 2.45) is 0 Å². The highest BCUT2D eigenvalue weighted by atomic mass is 19.1. The smallest absolute Gasteiger partial charge is 0.129 e. The highest BCUT2D eigenvalue weighted by Gasteiger charge is 2.20. The van der Waals surface area contributed by atoms with Crippen LogP contribution in [0.1, 0.15) is 22.4 Å². The number of anilines is 1. The molecular weight excluding hydrogens is 255 g/mol.